The van der Waals surface area contributed by atoms with Crippen LogP contribution in [0.3, 0.4) is 0 Å². The van der Waals surface area contributed by atoms with Gasteiger partial charge in [0.2, 0.25) is 0 Å². The molecule has 233 valence electrons. The van der Waals surface area contributed by atoms with E-state index in [1.807, 2.05) is 36.4 Å². The van der Waals surface area contributed by atoms with Gasteiger partial charge in [-0.2, -0.15) is 11.3 Å². The van der Waals surface area contributed by atoms with Crippen LogP contribution in [0, 0.1) is 31.9 Å². The minimum absolute atomic E-state index is 0. The second kappa shape index (κ2) is 13.5. The standard InChI is InChI=1S/C26H20NS.C15H18GeN.Ir/c1-16-13-24-25(20-6-3-2-5-19(16)20)22-8-4-7-21(26(22)28-24)23-15-18(11-12-27-23)14-17-9-10-17;1-12-10-15(13-8-6-5-7-9-13)17-11-14(12)16(2,3)4;/h2-6,8,11-13,15,17H,9-10,14H2,1H3;5-8,10-11H,1-4H3;/q2*-1;/i14D2;;. The SMILES string of the molecule is Cc1cc(-c2[c-]cccc2)nc[c]1[Ge]([CH3])([CH3])[CH3].[2H]C([2H])(c1ccnc(-c2[c-]ccc3c2sc2cc(C)c4ccccc4c23)c1)C1CC1.[Ir]. The molecule has 0 bridgehead atoms. The first kappa shape index (κ1) is 30.2. The zero-order valence-electron chi connectivity index (χ0n) is 28.9. The van der Waals surface area contributed by atoms with Crippen molar-refractivity contribution in [2.24, 2.45) is 5.92 Å². The topological polar surface area (TPSA) is 25.8 Å². The van der Waals surface area contributed by atoms with Crippen LogP contribution in [0.4, 0.5) is 0 Å². The maximum absolute atomic E-state index is 8.54. The third-order valence-corrected chi connectivity index (χ3v) is 14.2. The molecule has 0 amide bonds. The summed E-state index contributed by atoms with van der Waals surface area (Å²) in [6.45, 7) is 4.37. The summed E-state index contributed by atoms with van der Waals surface area (Å²) in [7, 11) is 0. The summed E-state index contributed by atoms with van der Waals surface area (Å²) in [5, 5.41) is 5.08. The fourth-order valence-electron chi connectivity index (χ4n) is 6.13. The van der Waals surface area contributed by atoms with E-state index in [9.17, 15) is 0 Å². The van der Waals surface area contributed by atoms with Crippen molar-refractivity contribution in [2.45, 2.75) is 50.3 Å². The van der Waals surface area contributed by atoms with Crippen molar-refractivity contribution < 1.29 is 22.8 Å². The van der Waals surface area contributed by atoms with Crippen LogP contribution in [0.15, 0.2) is 97.3 Å². The zero-order valence-corrected chi connectivity index (χ0v) is 32.2. The predicted molar refractivity (Wildman–Crippen MR) is 196 cm³/mol. The van der Waals surface area contributed by atoms with E-state index in [1.54, 1.807) is 17.5 Å². The van der Waals surface area contributed by atoms with E-state index >= 15 is 0 Å². The molecule has 0 atom stereocenters. The first-order valence-corrected chi connectivity index (χ1v) is 23.8. The molecule has 3 heterocycles. The molecule has 0 N–H and O–H groups in total. The van der Waals surface area contributed by atoms with Crippen LogP contribution in [0.2, 0.25) is 17.3 Å². The zero-order chi connectivity index (χ0) is 32.9. The molecule has 1 aliphatic rings. The molecular weight excluding hydrogens is 817 g/mol. The number of benzene rings is 4. The summed E-state index contributed by atoms with van der Waals surface area (Å²) in [6.07, 6.45) is 4.46. The van der Waals surface area contributed by atoms with Crippen LogP contribution in [0.5, 0.6) is 0 Å². The monoisotopic (exact) mass is 859 g/mol. The Balaban J connectivity index is 0.000000191. The van der Waals surface area contributed by atoms with Gasteiger partial charge in [-0.15, -0.1) is 23.8 Å². The second-order valence-corrected chi connectivity index (χ2v) is 24.7. The molecule has 1 radical (unpaired) electrons. The number of aromatic nitrogens is 2. The molecule has 0 unspecified atom stereocenters. The van der Waals surface area contributed by atoms with Crippen LogP contribution in [0.1, 0.15) is 32.3 Å². The van der Waals surface area contributed by atoms with Gasteiger partial charge in [0.15, 0.2) is 0 Å². The second-order valence-electron chi connectivity index (χ2n) is 13.1. The maximum Gasteiger partial charge on any atom is 0.0319 e. The number of rotatable bonds is 5. The van der Waals surface area contributed by atoms with Crippen molar-refractivity contribution in [2.75, 3.05) is 0 Å². The van der Waals surface area contributed by atoms with Gasteiger partial charge in [-0.05, 0) is 76.3 Å². The van der Waals surface area contributed by atoms with E-state index in [2.05, 4.69) is 108 Å². The maximum atomic E-state index is 8.54. The van der Waals surface area contributed by atoms with Gasteiger partial charge in [0.1, 0.15) is 0 Å². The first-order chi connectivity index (χ1) is 22.5. The van der Waals surface area contributed by atoms with Gasteiger partial charge in [-0.3, -0.25) is 0 Å². The quantitative estimate of drug-likeness (QED) is 0.127. The molecule has 0 aliphatic heterocycles. The van der Waals surface area contributed by atoms with Crippen molar-refractivity contribution in [3.63, 3.8) is 0 Å². The van der Waals surface area contributed by atoms with Gasteiger partial charge < -0.3 is 4.98 Å². The molecule has 2 nitrogen and oxygen atoms in total. The molecule has 7 aromatic rings. The largest absolute Gasteiger partial charge is 0.305 e. The number of hydrogen-bond acceptors (Lipinski definition) is 3. The van der Waals surface area contributed by atoms with Gasteiger partial charge in [0.25, 0.3) is 0 Å². The Kier molecular flexibility index (Phi) is 8.88. The van der Waals surface area contributed by atoms with Gasteiger partial charge in [0.05, 0.1) is 0 Å². The number of hydrogen-bond donors (Lipinski definition) is 0. The Morgan fingerprint density at radius 1 is 0.826 bits per heavy atom. The van der Waals surface area contributed by atoms with Crippen LogP contribution in [-0.2, 0) is 26.5 Å². The summed E-state index contributed by atoms with van der Waals surface area (Å²) in [5.74, 6) is 7.33. The van der Waals surface area contributed by atoms with E-state index < -0.39 is 19.6 Å². The van der Waals surface area contributed by atoms with Gasteiger partial charge in [-0.1, -0.05) is 41.3 Å². The van der Waals surface area contributed by atoms with E-state index in [0.29, 0.717) is 0 Å². The number of thiophene rings is 1. The molecule has 46 heavy (non-hydrogen) atoms. The number of aryl methyl sites for hydroxylation is 2. The van der Waals surface area contributed by atoms with Crippen molar-refractivity contribution in [1.29, 1.82) is 0 Å². The minimum Gasteiger partial charge on any atom is -0.305 e. The summed E-state index contributed by atoms with van der Waals surface area (Å²) >= 11 is 0.00652. The van der Waals surface area contributed by atoms with Gasteiger partial charge in [0, 0.05) is 33.7 Å². The smallest absolute Gasteiger partial charge is 0.0319 e. The third kappa shape index (κ3) is 6.78. The normalized spacial score (nSPS) is 13.9. The molecule has 1 saturated carbocycles. The average molecular weight is 858 g/mol. The molecule has 5 heteroatoms. The van der Waals surface area contributed by atoms with E-state index in [1.165, 1.54) is 46.5 Å². The summed E-state index contributed by atoms with van der Waals surface area (Å²) in [4.78, 5) is 9.20. The molecule has 3 aromatic heterocycles. The Labute approximate surface area is 295 Å². The number of fused-ring (bicyclic) bond motifs is 5. The van der Waals surface area contributed by atoms with E-state index in [-0.39, 0.29) is 26.0 Å². The molecule has 0 spiro atoms. The number of nitrogens with zero attached hydrogens (tertiary/aromatic N) is 2. The fraction of sp³-hybridized carbons (Fsp3) is 0.220. The summed E-state index contributed by atoms with van der Waals surface area (Å²) in [5.41, 5.74) is 7.25. The minimum atomic E-state index is -1.77. The summed E-state index contributed by atoms with van der Waals surface area (Å²) in [6, 6.07) is 35.6. The van der Waals surface area contributed by atoms with Crippen molar-refractivity contribution >= 4 is 59.9 Å². The van der Waals surface area contributed by atoms with Crippen LogP contribution < -0.4 is 4.40 Å². The summed E-state index contributed by atoms with van der Waals surface area (Å²) < 4.78 is 21.0. The van der Waals surface area contributed by atoms with Crippen molar-refractivity contribution in [1.82, 2.24) is 9.97 Å². The molecule has 1 fully saturated rings. The molecule has 4 aromatic carbocycles. The third-order valence-electron chi connectivity index (χ3n) is 8.51. The molecule has 8 rings (SSSR count). The fourth-order valence-corrected chi connectivity index (χ4v) is 11.0. The first-order valence-electron chi connectivity index (χ1n) is 16.7. The molecule has 0 saturated heterocycles. The Morgan fingerprint density at radius 3 is 2.33 bits per heavy atom. The average Bonchev–Trinajstić information content (AvgIpc) is 3.87. The molecular formula is C41H38GeIrN2S-2. The Bertz CT molecular complexity index is 2260. The van der Waals surface area contributed by atoms with Crippen LogP contribution in [0.25, 0.3) is 53.5 Å². The number of pyridine rings is 2. The Morgan fingerprint density at radius 2 is 1.61 bits per heavy atom. The predicted octanol–water partition coefficient (Wildman–Crippen LogP) is 10.7. The van der Waals surface area contributed by atoms with E-state index in [4.69, 9.17) is 2.74 Å². The van der Waals surface area contributed by atoms with Crippen LogP contribution in [-0.4, -0.2) is 23.2 Å². The van der Waals surface area contributed by atoms with Crippen molar-refractivity contribution in [3.05, 3.63) is 126 Å². The van der Waals surface area contributed by atoms with Crippen LogP contribution >= 0.6 is 11.3 Å². The van der Waals surface area contributed by atoms with Gasteiger partial charge in [-0.25, -0.2) is 0 Å². The van der Waals surface area contributed by atoms with Crippen molar-refractivity contribution in [3.8, 4) is 22.5 Å². The molecule has 1 aliphatic carbocycles. The van der Waals surface area contributed by atoms with E-state index in [0.717, 1.165) is 40.9 Å². The van der Waals surface area contributed by atoms with Gasteiger partial charge >= 0.3 is 106 Å². The Hall–Kier alpha value is -3.15.